The maximum absolute atomic E-state index is 11.4. The van der Waals surface area contributed by atoms with E-state index in [4.69, 9.17) is 0 Å². The lowest BCUT2D eigenvalue weighted by Gasteiger charge is -2.27. The molecule has 0 amide bonds. The predicted octanol–water partition coefficient (Wildman–Crippen LogP) is 5.30. The van der Waals surface area contributed by atoms with Crippen LogP contribution in [0, 0.1) is 35.5 Å². The van der Waals surface area contributed by atoms with Gasteiger partial charge in [0.15, 0.2) is 0 Å². The predicted molar refractivity (Wildman–Crippen MR) is 92.7 cm³/mol. The molecule has 0 spiro atoms. The summed E-state index contributed by atoms with van der Waals surface area (Å²) >= 11 is 0. The minimum Gasteiger partial charge on any atom is -0.299 e. The minimum absolute atomic E-state index is 0.367. The van der Waals surface area contributed by atoms with Gasteiger partial charge in [-0.25, -0.2) is 0 Å². The normalized spacial score (nSPS) is 32.9. The smallest absolute Gasteiger partial charge is 0.136 e. The summed E-state index contributed by atoms with van der Waals surface area (Å²) in [5.74, 6) is 4.11. The SMILES string of the molecule is CC(C)C1CC[C@@H](C)CC1=O.CC(C)C1CC[C@@H](C)CC1=O. The van der Waals surface area contributed by atoms with Gasteiger partial charge >= 0.3 is 0 Å². The van der Waals surface area contributed by atoms with Gasteiger partial charge in [-0.3, -0.25) is 9.59 Å². The van der Waals surface area contributed by atoms with E-state index in [0.29, 0.717) is 47.1 Å². The molecule has 2 nitrogen and oxygen atoms in total. The van der Waals surface area contributed by atoms with Crippen LogP contribution in [0.3, 0.4) is 0 Å². The Morgan fingerprint density at radius 2 is 1.00 bits per heavy atom. The van der Waals surface area contributed by atoms with Crippen LogP contribution in [0.4, 0.5) is 0 Å². The number of carbonyl (C=O) groups excluding carboxylic acids is 2. The molecule has 2 aliphatic carbocycles. The molecule has 2 rings (SSSR count). The number of hydrogen-bond acceptors (Lipinski definition) is 2. The molecule has 2 unspecified atom stereocenters. The van der Waals surface area contributed by atoms with Crippen LogP contribution in [0.2, 0.25) is 0 Å². The van der Waals surface area contributed by atoms with Crippen molar-refractivity contribution in [2.24, 2.45) is 35.5 Å². The van der Waals surface area contributed by atoms with E-state index in [1.807, 2.05) is 0 Å². The van der Waals surface area contributed by atoms with Crippen LogP contribution in [-0.4, -0.2) is 11.6 Å². The van der Waals surface area contributed by atoms with Crippen molar-refractivity contribution >= 4 is 11.6 Å². The van der Waals surface area contributed by atoms with Gasteiger partial charge in [-0.2, -0.15) is 0 Å². The van der Waals surface area contributed by atoms with Gasteiger partial charge in [0.25, 0.3) is 0 Å². The Bertz CT molecular complexity index is 334. The molecule has 0 bridgehead atoms. The van der Waals surface area contributed by atoms with Gasteiger partial charge in [0.1, 0.15) is 11.6 Å². The van der Waals surface area contributed by atoms with E-state index in [1.54, 1.807) is 0 Å². The summed E-state index contributed by atoms with van der Waals surface area (Å²) in [6, 6.07) is 0. The lowest BCUT2D eigenvalue weighted by molar-refractivity contribution is -0.128. The third-order valence-electron chi connectivity index (χ3n) is 5.48. The van der Waals surface area contributed by atoms with E-state index in [0.717, 1.165) is 25.7 Å². The van der Waals surface area contributed by atoms with E-state index < -0.39 is 0 Å². The first-order chi connectivity index (χ1) is 10.2. The van der Waals surface area contributed by atoms with Gasteiger partial charge in [-0.1, -0.05) is 41.5 Å². The van der Waals surface area contributed by atoms with E-state index in [2.05, 4.69) is 41.5 Å². The highest BCUT2D eigenvalue weighted by molar-refractivity contribution is 5.82. The summed E-state index contributed by atoms with van der Waals surface area (Å²) in [5.41, 5.74) is 0. The largest absolute Gasteiger partial charge is 0.299 e. The number of Topliss-reactive ketones (excluding diaryl/α,β-unsaturated/α-hetero) is 2. The molecule has 2 saturated carbocycles. The molecule has 22 heavy (non-hydrogen) atoms. The molecule has 2 aliphatic rings. The Labute approximate surface area is 137 Å². The van der Waals surface area contributed by atoms with Crippen LogP contribution in [-0.2, 0) is 9.59 Å². The zero-order valence-electron chi connectivity index (χ0n) is 15.5. The molecule has 2 heteroatoms. The molecule has 0 aromatic heterocycles. The second-order valence-electron chi connectivity index (χ2n) is 8.41. The van der Waals surface area contributed by atoms with E-state index in [9.17, 15) is 9.59 Å². The monoisotopic (exact) mass is 308 g/mol. The Morgan fingerprint density at radius 3 is 1.23 bits per heavy atom. The highest BCUT2D eigenvalue weighted by Gasteiger charge is 2.28. The van der Waals surface area contributed by atoms with Gasteiger partial charge in [0, 0.05) is 24.7 Å². The van der Waals surface area contributed by atoms with Gasteiger partial charge in [0.2, 0.25) is 0 Å². The average molecular weight is 309 g/mol. The number of ketones is 2. The molecule has 0 saturated heterocycles. The van der Waals surface area contributed by atoms with Crippen molar-refractivity contribution in [2.75, 3.05) is 0 Å². The highest BCUT2D eigenvalue weighted by Crippen LogP contribution is 2.30. The van der Waals surface area contributed by atoms with Gasteiger partial charge in [-0.15, -0.1) is 0 Å². The molecule has 0 aliphatic heterocycles. The van der Waals surface area contributed by atoms with Crippen LogP contribution in [0.1, 0.15) is 80.1 Å². The minimum atomic E-state index is 0.367. The van der Waals surface area contributed by atoms with Gasteiger partial charge in [-0.05, 0) is 49.4 Å². The first-order valence-electron chi connectivity index (χ1n) is 9.27. The van der Waals surface area contributed by atoms with Crippen molar-refractivity contribution in [1.82, 2.24) is 0 Å². The van der Waals surface area contributed by atoms with Crippen molar-refractivity contribution in [3.8, 4) is 0 Å². The first-order valence-corrected chi connectivity index (χ1v) is 9.27. The molecular formula is C20H36O2. The number of rotatable bonds is 2. The van der Waals surface area contributed by atoms with Crippen molar-refractivity contribution < 1.29 is 9.59 Å². The van der Waals surface area contributed by atoms with E-state index in [1.165, 1.54) is 12.8 Å². The fourth-order valence-corrected chi connectivity index (χ4v) is 3.85. The Kier molecular flexibility index (Phi) is 7.79. The van der Waals surface area contributed by atoms with Crippen LogP contribution in [0.25, 0.3) is 0 Å². The van der Waals surface area contributed by atoms with E-state index >= 15 is 0 Å². The van der Waals surface area contributed by atoms with Crippen LogP contribution < -0.4 is 0 Å². The Morgan fingerprint density at radius 1 is 0.682 bits per heavy atom. The van der Waals surface area contributed by atoms with Crippen LogP contribution in [0.5, 0.6) is 0 Å². The van der Waals surface area contributed by atoms with Crippen LogP contribution >= 0.6 is 0 Å². The molecule has 0 aromatic carbocycles. The summed E-state index contributed by atoms with van der Waals surface area (Å²) in [6.07, 6.45) is 6.38. The van der Waals surface area contributed by atoms with Crippen molar-refractivity contribution in [1.29, 1.82) is 0 Å². The van der Waals surface area contributed by atoms with Gasteiger partial charge < -0.3 is 0 Å². The lowest BCUT2D eigenvalue weighted by atomic mass is 9.77. The van der Waals surface area contributed by atoms with Crippen molar-refractivity contribution in [3.05, 3.63) is 0 Å². The molecule has 0 N–H and O–H groups in total. The molecule has 0 heterocycles. The maximum atomic E-state index is 11.4. The topological polar surface area (TPSA) is 34.1 Å². The summed E-state index contributed by atoms with van der Waals surface area (Å²) in [7, 11) is 0. The summed E-state index contributed by atoms with van der Waals surface area (Å²) < 4.78 is 0. The molecule has 0 aromatic rings. The summed E-state index contributed by atoms with van der Waals surface area (Å²) in [5, 5.41) is 0. The Balaban J connectivity index is 0.000000220. The molecule has 0 radical (unpaired) electrons. The van der Waals surface area contributed by atoms with E-state index in [-0.39, 0.29) is 0 Å². The average Bonchev–Trinajstić information content (AvgIpc) is 2.38. The number of hydrogen-bond donors (Lipinski definition) is 0. The fourth-order valence-electron chi connectivity index (χ4n) is 3.85. The summed E-state index contributed by atoms with van der Waals surface area (Å²) in [4.78, 5) is 22.9. The third-order valence-corrected chi connectivity index (χ3v) is 5.48. The zero-order chi connectivity index (χ0) is 16.9. The quantitative estimate of drug-likeness (QED) is 0.694. The highest BCUT2D eigenvalue weighted by atomic mass is 16.1. The van der Waals surface area contributed by atoms with Crippen LogP contribution in [0.15, 0.2) is 0 Å². The fraction of sp³-hybridized carbons (Fsp3) is 0.900. The molecule has 2 fully saturated rings. The third kappa shape index (κ3) is 5.85. The van der Waals surface area contributed by atoms with Gasteiger partial charge in [0.05, 0.1) is 0 Å². The standard InChI is InChI=1S/2C10H18O/c2*1-7(2)9-5-4-8(3)6-10(9)11/h2*7-9H,4-6H2,1-3H3/t2*8-,9?/m11/s1. The Hall–Kier alpha value is -0.660. The second-order valence-corrected chi connectivity index (χ2v) is 8.41. The second kappa shape index (κ2) is 8.84. The maximum Gasteiger partial charge on any atom is 0.136 e. The first kappa shape index (κ1) is 19.4. The molecule has 4 atom stereocenters. The molecular weight excluding hydrogens is 272 g/mol. The van der Waals surface area contributed by atoms with Crippen molar-refractivity contribution in [2.45, 2.75) is 80.1 Å². The summed E-state index contributed by atoms with van der Waals surface area (Å²) in [6.45, 7) is 13.0. The molecule has 128 valence electrons. The number of carbonyl (C=O) groups is 2. The zero-order valence-corrected chi connectivity index (χ0v) is 15.5. The lowest BCUT2D eigenvalue weighted by Crippen LogP contribution is -2.27. The van der Waals surface area contributed by atoms with Crippen molar-refractivity contribution in [3.63, 3.8) is 0 Å².